The van der Waals surface area contributed by atoms with Gasteiger partial charge in [-0.25, -0.2) is 0 Å². The first-order chi connectivity index (χ1) is 7.63. The van der Waals surface area contributed by atoms with Crippen molar-refractivity contribution < 1.29 is 9.63 Å². The monoisotopic (exact) mass is 241 g/mol. The van der Waals surface area contributed by atoms with Crippen LogP contribution in [0.2, 0.25) is 5.02 Å². The van der Waals surface area contributed by atoms with E-state index in [1.54, 1.807) is 31.2 Å². The highest BCUT2D eigenvalue weighted by molar-refractivity contribution is 6.41. The molecule has 0 bridgehead atoms. The third kappa shape index (κ3) is 3.78. The van der Waals surface area contributed by atoms with E-state index >= 15 is 0 Å². The van der Waals surface area contributed by atoms with Crippen LogP contribution in [0.4, 0.5) is 5.69 Å². The zero-order chi connectivity index (χ0) is 12.0. The van der Waals surface area contributed by atoms with Crippen molar-refractivity contribution in [3.05, 3.63) is 29.3 Å². The third-order valence-electron chi connectivity index (χ3n) is 1.63. The molecule has 0 radical (unpaired) electrons. The maximum atomic E-state index is 11.4. The molecule has 5 nitrogen and oxygen atoms in total. The quantitative estimate of drug-likeness (QED) is 0.479. The Labute approximate surface area is 98.2 Å². The number of oxime groups is 1. The molecular weight excluding hydrogens is 230 g/mol. The Kier molecular flexibility index (Phi) is 4.60. The molecule has 16 heavy (non-hydrogen) atoms. The highest BCUT2D eigenvalue weighted by Gasteiger charge is 2.07. The minimum Gasteiger partial charge on any atom is -0.394 e. The Bertz CT molecular complexity index is 390. The van der Waals surface area contributed by atoms with E-state index in [9.17, 15) is 4.79 Å². The summed E-state index contributed by atoms with van der Waals surface area (Å²) >= 11 is 5.70. The van der Waals surface area contributed by atoms with E-state index in [1.165, 1.54) is 0 Å². The minimum absolute atomic E-state index is 0.225. The predicted molar refractivity (Wildman–Crippen MR) is 63.3 cm³/mol. The standard InChI is InChI=1S/C10H12ClN3O2/c1-2-16-14-9(12)10(15)13-8-5-3-7(11)4-6-8/h3-6H,2H2,1H3,(H2,12,14)(H,13,15). The van der Waals surface area contributed by atoms with Gasteiger partial charge in [-0.15, -0.1) is 0 Å². The average Bonchev–Trinajstić information content (AvgIpc) is 2.29. The fourth-order valence-corrected chi connectivity index (χ4v) is 1.03. The number of hydrogen-bond acceptors (Lipinski definition) is 3. The summed E-state index contributed by atoms with van der Waals surface area (Å²) in [6.07, 6.45) is 0. The highest BCUT2D eigenvalue weighted by atomic mass is 35.5. The largest absolute Gasteiger partial charge is 0.394 e. The lowest BCUT2D eigenvalue weighted by Gasteiger charge is -2.04. The zero-order valence-electron chi connectivity index (χ0n) is 8.74. The molecule has 0 unspecified atom stereocenters. The van der Waals surface area contributed by atoms with Crippen LogP contribution < -0.4 is 11.1 Å². The van der Waals surface area contributed by atoms with Crippen molar-refractivity contribution in [2.24, 2.45) is 10.9 Å². The molecule has 1 rings (SSSR count). The number of amidine groups is 1. The molecule has 0 heterocycles. The van der Waals surface area contributed by atoms with Crippen molar-refractivity contribution in [2.45, 2.75) is 6.92 Å². The Morgan fingerprint density at radius 2 is 2.12 bits per heavy atom. The molecule has 86 valence electrons. The van der Waals surface area contributed by atoms with Gasteiger partial charge >= 0.3 is 0 Å². The molecule has 0 spiro atoms. The van der Waals surface area contributed by atoms with Crippen molar-refractivity contribution in [1.82, 2.24) is 0 Å². The Morgan fingerprint density at radius 1 is 1.50 bits per heavy atom. The van der Waals surface area contributed by atoms with Gasteiger partial charge in [-0.2, -0.15) is 0 Å². The summed E-state index contributed by atoms with van der Waals surface area (Å²) in [6, 6.07) is 6.64. The molecule has 0 fully saturated rings. The molecule has 0 aliphatic rings. The van der Waals surface area contributed by atoms with Gasteiger partial charge in [0.25, 0.3) is 5.91 Å². The van der Waals surface area contributed by atoms with Gasteiger partial charge in [0.15, 0.2) is 0 Å². The van der Waals surface area contributed by atoms with Crippen molar-refractivity contribution in [3.8, 4) is 0 Å². The van der Waals surface area contributed by atoms with Crippen LogP contribution in [-0.4, -0.2) is 18.3 Å². The first-order valence-electron chi connectivity index (χ1n) is 4.66. The van der Waals surface area contributed by atoms with Crippen LogP contribution >= 0.6 is 11.6 Å². The number of nitrogens with two attached hydrogens (primary N) is 1. The van der Waals surface area contributed by atoms with E-state index in [-0.39, 0.29) is 5.84 Å². The van der Waals surface area contributed by atoms with E-state index in [4.69, 9.17) is 17.3 Å². The third-order valence-corrected chi connectivity index (χ3v) is 1.88. The van der Waals surface area contributed by atoms with E-state index in [0.29, 0.717) is 17.3 Å². The molecule has 0 saturated heterocycles. The van der Waals surface area contributed by atoms with Gasteiger partial charge in [0, 0.05) is 10.7 Å². The highest BCUT2D eigenvalue weighted by Crippen LogP contribution is 2.12. The maximum absolute atomic E-state index is 11.4. The number of nitrogens with one attached hydrogen (secondary N) is 1. The summed E-state index contributed by atoms with van der Waals surface area (Å²) in [5, 5.41) is 6.55. The number of hydrogen-bond donors (Lipinski definition) is 2. The van der Waals surface area contributed by atoms with Crippen LogP contribution in [0.3, 0.4) is 0 Å². The first-order valence-corrected chi connectivity index (χ1v) is 5.03. The SMILES string of the molecule is CCON=C(N)C(=O)Nc1ccc(Cl)cc1. The zero-order valence-corrected chi connectivity index (χ0v) is 9.49. The number of anilines is 1. The summed E-state index contributed by atoms with van der Waals surface area (Å²) in [5.74, 6) is -0.743. The molecule has 0 saturated carbocycles. The Morgan fingerprint density at radius 3 is 2.69 bits per heavy atom. The number of carbonyl (C=O) groups excluding carboxylic acids is 1. The number of rotatable bonds is 3. The minimum atomic E-state index is -0.518. The summed E-state index contributed by atoms with van der Waals surface area (Å²) < 4.78 is 0. The van der Waals surface area contributed by atoms with Crippen LogP contribution in [0.15, 0.2) is 29.4 Å². The van der Waals surface area contributed by atoms with E-state index in [0.717, 1.165) is 0 Å². The van der Waals surface area contributed by atoms with Crippen molar-refractivity contribution in [1.29, 1.82) is 0 Å². The molecule has 1 aromatic carbocycles. The van der Waals surface area contributed by atoms with Gasteiger partial charge in [-0.3, -0.25) is 4.79 Å². The maximum Gasteiger partial charge on any atom is 0.294 e. The Balaban J connectivity index is 2.60. The number of amides is 1. The van der Waals surface area contributed by atoms with Crippen LogP contribution in [-0.2, 0) is 9.63 Å². The summed E-state index contributed by atoms with van der Waals surface area (Å²) in [7, 11) is 0. The second-order valence-electron chi connectivity index (χ2n) is 2.86. The number of benzene rings is 1. The fraction of sp³-hybridized carbons (Fsp3) is 0.200. The van der Waals surface area contributed by atoms with Crippen molar-refractivity contribution in [3.63, 3.8) is 0 Å². The second kappa shape index (κ2) is 5.97. The topological polar surface area (TPSA) is 76.7 Å². The average molecular weight is 242 g/mol. The number of nitrogens with zero attached hydrogens (tertiary/aromatic N) is 1. The predicted octanol–water partition coefficient (Wildman–Crippen LogP) is 1.59. The van der Waals surface area contributed by atoms with Gasteiger partial charge in [0.05, 0.1) is 0 Å². The molecule has 1 amide bonds. The van der Waals surface area contributed by atoms with Gasteiger partial charge in [-0.05, 0) is 31.2 Å². The smallest absolute Gasteiger partial charge is 0.294 e. The van der Waals surface area contributed by atoms with Gasteiger partial charge in [-0.1, -0.05) is 16.8 Å². The lowest BCUT2D eigenvalue weighted by Crippen LogP contribution is -2.30. The van der Waals surface area contributed by atoms with Crippen molar-refractivity contribution >= 4 is 29.0 Å². The number of halogens is 1. The van der Waals surface area contributed by atoms with E-state index in [2.05, 4.69) is 15.3 Å². The van der Waals surface area contributed by atoms with Crippen LogP contribution in [0.5, 0.6) is 0 Å². The molecule has 3 N–H and O–H groups in total. The normalized spacial score (nSPS) is 11.0. The van der Waals surface area contributed by atoms with E-state index in [1.807, 2.05) is 0 Å². The summed E-state index contributed by atoms with van der Waals surface area (Å²) in [5.41, 5.74) is 5.96. The molecule has 6 heteroatoms. The van der Waals surface area contributed by atoms with Crippen LogP contribution in [0.1, 0.15) is 6.92 Å². The molecular formula is C10H12ClN3O2. The van der Waals surface area contributed by atoms with Crippen LogP contribution in [0, 0.1) is 0 Å². The summed E-state index contributed by atoms with van der Waals surface area (Å²) in [4.78, 5) is 16.1. The molecule has 0 aliphatic heterocycles. The van der Waals surface area contributed by atoms with Gasteiger partial charge in [0.1, 0.15) is 6.61 Å². The van der Waals surface area contributed by atoms with Gasteiger partial charge < -0.3 is 15.9 Å². The Hall–Kier alpha value is -1.75. The lowest BCUT2D eigenvalue weighted by atomic mass is 10.3. The molecule has 1 aromatic rings. The van der Waals surface area contributed by atoms with Crippen LogP contribution in [0.25, 0.3) is 0 Å². The van der Waals surface area contributed by atoms with Gasteiger partial charge in [0.2, 0.25) is 5.84 Å². The first kappa shape index (κ1) is 12.3. The summed E-state index contributed by atoms with van der Waals surface area (Å²) in [6.45, 7) is 2.10. The second-order valence-corrected chi connectivity index (χ2v) is 3.29. The lowest BCUT2D eigenvalue weighted by molar-refractivity contribution is -0.110. The van der Waals surface area contributed by atoms with E-state index < -0.39 is 5.91 Å². The number of carbonyl (C=O) groups is 1. The molecule has 0 aromatic heterocycles. The fourth-order valence-electron chi connectivity index (χ4n) is 0.904. The molecule has 0 atom stereocenters. The molecule has 0 aliphatic carbocycles. The van der Waals surface area contributed by atoms with Crippen molar-refractivity contribution in [2.75, 3.05) is 11.9 Å².